The quantitative estimate of drug-likeness (QED) is 0.459. The Hall–Kier alpha value is -1.25. The SMILES string of the molecule is Nc1cccc(CF)c1O. The second-order valence-electron chi connectivity index (χ2n) is 1.99. The lowest BCUT2D eigenvalue weighted by Crippen LogP contribution is -1.88. The van der Waals surface area contributed by atoms with Crippen molar-refractivity contribution in [3.8, 4) is 5.75 Å². The number of hydrogen-bond donors (Lipinski definition) is 2. The predicted octanol–water partition coefficient (Wildman–Crippen LogP) is 1.44. The fourth-order valence-corrected chi connectivity index (χ4v) is 0.719. The first-order valence-electron chi connectivity index (χ1n) is 2.88. The number of nitrogen functional groups attached to an aromatic ring is 1. The van der Waals surface area contributed by atoms with Crippen molar-refractivity contribution < 1.29 is 9.50 Å². The Morgan fingerprint density at radius 2 is 2.20 bits per heavy atom. The molecule has 0 saturated carbocycles. The topological polar surface area (TPSA) is 46.2 Å². The number of para-hydroxylation sites is 1. The molecule has 0 saturated heterocycles. The van der Waals surface area contributed by atoms with Crippen LogP contribution in [0.5, 0.6) is 5.75 Å². The summed E-state index contributed by atoms with van der Waals surface area (Å²) in [5, 5.41) is 9.03. The summed E-state index contributed by atoms with van der Waals surface area (Å²) in [4.78, 5) is 0. The van der Waals surface area contributed by atoms with Crippen LogP contribution < -0.4 is 5.73 Å². The molecule has 0 heterocycles. The third kappa shape index (κ3) is 1.03. The maximum absolute atomic E-state index is 12.0. The molecule has 1 aromatic carbocycles. The third-order valence-electron chi connectivity index (χ3n) is 1.29. The first-order valence-corrected chi connectivity index (χ1v) is 2.88. The molecule has 2 nitrogen and oxygen atoms in total. The Bertz CT molecular complexity index is 237. The number of anilines is 1. The summed E-state index contributed by atoms with van der Waals surface area (Å²) in [6, 6.07) is 4.62. The van der Waals surface area contributed by atoms with Crippen LogP contribution in [0.3, 0.4) is 0 Å². The molecule has 54 valence electrons. The van der Waals surface area contributed by atoms with Gasteiger partial charge in [0.25, 0.3) is 0 Å². The van der Waals surface area contributed by atoms with Crippen LogP contribution in [0.1, 0.15) is 5.56 Å². The van der Waals surface area contributed by atoms with Gasteiger partial charge >= 0.3 is 0 Å². The molecule has 0 amide bonds. The standard InChI is InChI=1S/C7H8FNO/c8-4-5-2-1-3-6(9)7(5)10/h1-3,10H,4,9H2. The number of hydrogen-bond acceptors (Lipinski definition) is 2. The molecular formula is C7H8FNO. The van der Waals surface area contributed by atoms with Gasteiger partial charge in [-0.15, -0.1) is 0 Å². The number of nitrogens with two attached hydrogens (primary N) is 1. The smallest absolute Gasteiger partial charge is 0.144 e. The van der Waals surface area contributed by atoms with Crippen molar-refractivity contribution in [2.75, 3.05) is 5.73 Å². The van der Waals surface area contributed by atoms with E-state index in [0.29, 0.717) is 0 Å². The van der Waals surface area contributed by atoms with Gasteiger partial charge in [-0.2, -0.15) is 0 Å². The van der Waals surface area contributed by atoms with Crippen molar-refractivity contribution in [3.05, 3.63) is 23.8 Å². The third-order valence-corrected chi connectivity index (χ3v) is 1.29. The van der Waals surface area contributed by atoms with Gasteiger partial charge in [0.15, 0.2) is 0 Å². The summed E-state index contributed by atoms with van der Waals surface area (Å²) in [7, 11) is 0. The summed E-state index contributed by atoms with van der Waals surface area (Å²) in [6.07, 6.45) is 0. The second-order valence-corrected chi connectivity index (χ2v) is 1.99. The Morgan fingerprint density at radius 1 is 1.50 bits per heavy atom. The molecule has 3 N–H and O–H groups in total. The zero-order chi connectivity index (χ0) is 7.56. The lowest BCUT2D eigenvalue weighted by molar-refractivity contribution is 0.435. The molecule has 0 bridgehead atoms. The van der Waals surface area contributed by atoms with Gasteiger partial charge in [-0.3, -0.25) is 0 Å². The number of phenolic OH excluding ortho intramolecular Hbond substituents is 1. The highest BCUT2D eigenvalue weighted by Crippen LogP contribution is 2.24. The molecule has 0 fully saturated rings. The van der Waals surface area contributed by atoms with Crippen LogP contribution in [0.25, 0.3) is 0 Å². The maximum Gasteiger partial charge on any atom is 0.144 e. The zero-order valence-electron chi connectivity index (χ0n) is 5.34. The van der Waals surface area contributed by atoms with E-state index >= 15 is 0 Å². The monoisotopic (exact) mass is 141 g/mol. The van der Waals surface area contributed by atoms with Crippen LogP contribution in [0, 0.1) is 0 Å². The zero-order valence-corrected chi connectivity index (χ0v) is 5.34. The Balaban J connectivity index is 3.14. The Kier molecular flexibility index (Phi) is 1.76. The van der Waals surface area contributed by atoms with E-state index in [1.165, 1.54) is 12.1 Å². The van der Waals surface area contributed by atoms with Gasteiger partial charge < -0.3 is 10.8 Å². The largest absolute Gasteiger partial charge is 0.505 e. The number of halogens is 1. The average Bonchev–Trinajstić information content (AvgIpc) is 1.95. The Labute approximate surface area is 58.1 Å². The van der Waals surface area contributed by atoms with Gasteiger partial charge in [-0.1, -0.05) is 12.1 Å². The number of aromatic hydroxyl groups is 1. The fourth-order valence-electron chi connectivity index (χ4n) is 0.719. The van der Waals surface area contributed by atoms with E-state index in [9.17, 15) is 4.39 Å². The van der Waals surface area contributed by atoms with Crippen molar-refractivity contribution in [3.63, 3.8) is 0 Å². The first-order chi connectivity index (χ1) is 4.75. The number of benzene rings is 1. The van der Waals surface area contributed by atoms with Crippen LogP contribution in [0.4, 0.5) is 10.1 Å². The fraction of sp³-hybridized carbons (Fsp3) is 0.143. The summed E-state index contributed by atoms with van der Waals surface area (Å²) in [5.41, 5.74) is 5.73. The molecule has 0 radical (unpaired) electrons. The highest BCUT2D eigenvalue weighted by Gasteiger charge is 2.01. The molecule has 1 aromatic rings. The summed E-state index contributed by atoms with van der Waals surface area (Å²) in [6.45, 7) is -0.684. The maximum atomic E-state index is 12.0. The number of rotatable bonds is 1. The van der Waals surface area contributed by atoms with Gasteiger partial charge in [0.05, 0.1) is 5.69 Å². The van der Waals surface area contributed by atoms with E-state index in [0.717, 1.165) is 0 Å². The van der Waals surface area contributed by atoms with E-state index in [4.69, 9.17) is 10.8 Å². The van der Waals surface area contributed by atoms with Gasteiger partial charge in [-0.25, -0.2) is 4.39 Å². The van der Waals surface area contributed by atoms with E-state index < -0.39 is 6.67 Å². The lowest BCUT2D eigenvalue weighted by atomic mass is 10.2. The van der Waals surface area contributed by atoms with Crippen LogP contribution in [-0.4, -0.2) is 5.11 Å². The van der Waals surface area contributed by atoms with Crippen molar-refractivity contribution in [2.24, 2.45) is 0 Å². The minimum Gasteiger partial charge on any atom is -0.505 e. The molecule has 0 atom stereocenters. The van der Waals surface area contributed by atoms with Crippen LogP contribution in [0.15, 0.2) is 18.2 Å². The van der Waals surface area contributed by atoms with E-state index in [1.54, 1.807) is 6.07 Å². The van der Waals surface area contributed by atoms with E-state index in [1.807, 2.05) is 0 Å². The average molecular weight is 141 g/mol. The van der Waals surface area contributed by atoms with E-state index in [2.05, 4.69) is 0 Å². The summed E-state index contributed by atoms with van der Waals surface area (Å²) in [5.74, 6) is -0.148. The van der Waals surface area contributed by atoms with Crippen LogP contribution >= 0.6 is 0 Å². The summed E-state index contributed by atoms with van der Waals surface area (Å²) >= 11 is 0. The molecule has 0 unspecified atom stereocenters. The first kappa shape index (κ1) is 6.86. The van der Waals surface area contributed by atoms with E-state index in [-0.39, 0.29) is 17.0 Å². The highest BCUT2D eigenvalue weighted by molar-refractivity contribution is 5.55. The molecule has 0 aromatic heterocycles. The molecule has 10 heavy (non-hydrogen) atoms. The normalized spacial score (nSPS) is 9.70. The molecule has 0 aliphatic heterocycles. The van der Waals surface area contributed by atoms with Gasteiger partial charge in [0, 0.05) is 5.56 Å². The minimum absolute atomic E-state index is 0.148. The molecule has 3 heteroatoms. The predicted molar refractivity (Wildman–Crippen MR) is 37.3 cm³/mol. The molecule has 0 spiro atoms. The molecular weight excluding hydrogens is 133 g/mol. The molecule has 0 aliphatic rings. The van der Waals surface area contributed by atoms with Crippen molar-refractivity contribution in [1.82, 2.24) is 0 Å². The second kappa shape index (κ2) is 2.56. The van der Waals surface area contributed by atoms with Gasteiger partial charge in [0.1, 0.15) is 12.4 Å². The summed E-state index contributed by atoms with van der Waals surface area (Å²) < 4.78 is 12.0. The number of phenols is 1. The highest BCUT2D eigenvalue weighted by atomic mass is 19.1. The van der Waals surface area contributed by atoms with Crippen molar-refractivity contribution in [2.45, 2.75) is 6.67 Å². The van der Waals surface area contributed by atoms with Crippen LogP contribution in [-0.2, 0) is 6.67 Å². The number of alkyl halides is 1. The molecule has 1 rings (SSSR count). The minimum atomic E-state index is -0.684. The van der Waals surface area contributed by atoms with Crippen molar-refractivity contribution in [1.29, 1.82) is 0 Å². The lowest BCUT2D eigenvalue weighted by Gasteiger charge is -2.00. The molecule has 0 aliphatic carbocycles. The van der Waals surface area contributed by atoms with Crippen molar-refractivity contribution >= 4 is 5.69 Å². The Morgan fingerprint density at radius 3 is 2.70 bits per heavy atom. The van der Waals surface area contributed by atoms with Gasteiger partial charge in [0.2, 0.25) is 0 Å². The van der Waals surface area contributed by atoms with Crippen LogP contribution in [0.2, 0.25) is 0 Å². The van der Waals surface area contributed by atoms with Gasteiger partial charge in [-0.05, 0) is 6.07 Å².